The molecule has 0 atom stereocenters. The van der Waals surface area contributed by atoms with E-state index < -0.39 is 15.9 Å². The SMILES string of the molecule is COCCNS(=O)(=O)c1cccc(C(=O)Nc2cc(C)ccc2NC(C)=O)c1. The molecule has 0 spiro atoms. The number of hydrogen-bond donors (Lipinski definition) is 3. The van der Waals surface area contributed by atoms with Gasteiger partial charge in [-0.2, -0.15) is 0 Å². The normalized spacial score (nSPS) is 11.1. The molecular weight excluding hydrogens is 382 g/mol. The molecule has 9 heteroatoms. The Balaban J connectivity index is 2.24. The molecule has 0 unspecified atom stereocenters. The van der Waals surface area contributed by atoms with E-state index in [1.54, 1.807) is 18.2 Å². The Morgan fingerprint density at radius 2 is 1.79 bits per heavy atom. The minimum absolute atomic E-state index is 0.0254. The van der Waals surface area contributed by atoms with Crippen LogP contribution < -0.4 is 15.4 Å². The van der Waals surface area contributed by atoms with Crippen LogP contribution in [0.25, 0.3) is 0 Å². The summed E-state index contributed by atoms with van der Waals surface area (Å²) in [5.74, 6) is -0.763. The average molecular weight is 405 g/mol. The second-order valence-electron chi connectivity index (χ2n) is 6.10. The number of amides is 2. The molecule has 0 fully saturated rings. The van der Waals surface area contributed by atoms with Crippen molar-refractivity contribution in [2.45, 2.75) is 18.7 Å². The molecule has 2 rings (SSSR count). The van der Waals surface area contributed by atoms with Gasteiger partial charge in [0.05, 0.1) is 22.9 Å². The molecule has 3 N–H and O–H groups in total. The van der Waals surface area contributed by atoms with Crippen LogP contribution in [0.4, 0.5) is 11.4 Å². The number of hydrogen-bond acceptors (Lipinski definition) is 5. The molecule has 0 heterocycles. The van der Waals surface area contributed by atoms with Crippen molar-refractivity contribution < 1.29 is 22.7 Å². The van der Waals surface area contributed by atoms with Crippen LogP contribution in [-0.2, 0) is 19.6 Å². The van der Waals surface area contributed by atoms with Crippen LogP contribution in [0, 0.1) is 6.92 Å². The lowest BCUT2D eigenvalue weighted by Crippen LogP contribution is -2.27. The zero-order valence-electron chi connectivity index (χ0n) is 15.9. The van der Waals surface area contributed by atoms with E-state index in [-0.39, 0.29) is 29.5 Å². The lowest BCUT2D eigenvalue weighted by atomic mass is 10.1. The van der Waals surface area contributed by atoms with E-state index in [9.17, 15) is 18.0 Å². The van der Waals surface area contributed by atoms with Crippen molar-refractivity contribution in [3.63, 3.8) is 0 Å². The van der Waals surface area contributed by atoms with Crippen LogP contribution >= 0.6 is 0 Å². The first-order valence-electron chi connectivity index (χ1n) is 8.51. The summed E-state index contributed by atoms with van der Waals surface area (Å²) in [5, 5.41) is 5.37. The predicted molar refractivity (Wildman–Crippen MR) is 107 cm³/mol. The number of aryl methyl sites for hydroxylation is 1. The average Bonchev–Trinajstić information content (AvgIpc) is 2.64. The topological polar surface area (TPSA) is 114 Å². The molecule has 2 amide bonds. The van der Waals surface area contributed by atoms with Crippen LogP contribution in [-0.4, -0.2) is 40.5 Å². The number of sulfonamides is 1. The van der Waals surface area contributed by atoms with Gasteiger partial charge in [-0.3, -0.25) is 9.59 Å². The first kappa shape index (κ1) is 21.5. The fourth-order valence-electron chi connectivity index (χ4n) is 2.42. The summed E-state index contributed by atoms with van der Waals surface area (Å²) in [7, 11) is -2.29. The van der Waals surface area contributed by atoms with Crippen LogP contribution in [0.3, 0.4) is 0 Å². The summed E-state index contributed by atoms with van der Waals surface area (Å²) in [4.78, 5) is 24.0. The summed E-state index contributed by atoms with van der Waals surface area (Å²) in [6.07, 6.45) is 0. The Hall–Kier alpha value is -2.75. The Labute approximate surface area is 164 Å². The summed E-state index contributed by atoms with van der Waals surface area (Å²) >= 11 is 0. The van der Waals surface area contributed by atoms with Gasteiger partial charge in [0.25, 0.3) is 5.91 Å². The highest BCUT2D eigenvalue weighted by Gasteiger charge is 2.17. The molecule has 0 aliphatic rings. The smallest absolute Gasteiger partial charge is 0.255 e. The van der Waals surface area contributed by atoms with Crippen LogP contribution in [0.5, 0.6) is 0 Å². The molecule has 2 aromatic rings. The lowest BCUT2D eigenvalue weighted by Gasteiger charge is -2.13. The number of rotatable bonds is 8. The van der Waals surface area contributed by atoms with Crippen LogP contribution in [0.2, 0.25) is 0 Å². The molecule has 8 nitrogen and oxygen atoms in total. The van der Waals surface area contributed by atoms with Gasteiger partial charge in [-0.05, 0) is 42.8 Å². The van der Waals surface area contributed by atoms with Gasteiger partial charge in [-0.25, -0.2) is 13.1 Å². The zero-order valence-corrected chi connectivity index (χ0v) is 16.7. The predicted octanol–water partition coefficient (Wildman–Crippen LogP) is 2.13. The van der Waals surface area contributed by atoms with Gasteiger partial charge in [-0.1, -0.05) is 12.1 Å². The number of nitrogens with one attached hydrogen (secondary N) is 3. The van der Waals surface area contributed by atoms with E-state index in [0.717, 1.165) is 5.56 Å². The number of anilines is 2. The molecule has 0 aliphatic heterocycles. The number of carbonyl (C=O) groups excluding carboxylic acids is 2. The maximum atomic E-state index is 12.6. The monoisotopic (exact) mass is 405 g/mol. The molecule has 28 heavy (non-hydrogen) atoms. The van der Waals surface area contributed by atoms with Crippen molar-refractivity contribution >= 4 is 33.2 Å². The molecule has 0 saturated carbocycles. The fraction of sp³-hybridized carbons (Fsp3) is 0.263. The quantitative estimate of drug-likeness (QED) is 0.582. The van der Waals surface area contributed by atoms with Crippen molar-refractivity contribution in [1.82, 2.24) is 4.72 Å². The largest absolute Gasteiger partial charge is 0.383 e. The van der Waals surface area contributed by atoms with E-state index in [2.05, 4.69) is 15.4 Å². The summed E-state index contributed by atoms with van der Waals surface area (Å²) in [6.45, 7) is 3.58. The molecule has 0 aliphatic carbocycles. The molecule has 150 valence electrons. The van der Waals surface area contributed by atoms with Crippen LogP contribution in [0.1, 0.15) is 22.8 Å². The van der Waals surface area contributed by atoms with Crippen molar-refractivity contribution in [1.29, 1.82) is 0 Å². The highest BCUT2D eigenvalue weighted by atomic mass is 32.2. The third-order valence-corrected chi connectivity index (χ3v) is 5.20. The number of carbonyl (C=O) groups is 2. The summed E-state index contributed by atoms with van der Waals surface area (Å²) in [6, 6.07) is 10.9. The van der Waals surface area contributed by atoms with Gasteiger partial charge >= 0.3 is 0 Å². The van der Waals surface area contributed by atoms with Gasteiger partial charge in [0.2, 0.25) is 15.9 Å². The highest BCUT2D eigenvalue weighted by molar-refractivity contribution is 7.89. The van der Waals surface area contributed by atoms with Gasteiger partial charge in [-0.15, -0.1) is 0 Å². The number of benzene rings is 2. The second-order valence-corrected chi connectivity index (χ2v) is 7.87. The van der Waals surface area contributed by atoms with E-state index in [1.807, 2.05) is 6.92 Å². The maximum absolute atomic E-state index is 12.6. The van der Waals surface area contributed by atoms with Crippen molar-refractivity contribution in [3.05, 3.63) is 53.6 Å². The van der Waals surface area contributed by atoms with E-state index >= 15 is 0 Å². The van der Waals surface area contributed by atoms with Gasteiger partial charge in [0.1, 0.15) is 0 Å². The second kappa shape index (κ2) is 9.45. The minimum Gasteiger partial charge on any atom is -0.383 e. The van der Waals surface area contributed by atoms with Gasteiger partial charge in [0.15, 0.2) is 0 Å². The van der Waals surface area contributed by atoms with Gasteiger partial charge in [0, 0.05) is 26.1 Å². The van der Waals surface area contributed by atoms with E-state index in [4.69, 9.17) is 4.74 Å². The summed E-state index contributed by atoms with van der Waals surface area (Å²) < 4.78 is 31.9. The molecule has 0 aromatic heterocycles. The molecule has 0 saturated heterocycles. The Morgan fingerprint density at radius 1 is 1.04 bits per heavy atom. The molecule has 2 aromatic carbocycles. The standard InChI is InChI=1S/C19H23N3O5S/c1-13-7-8-17(21-14(2)23)18(11-13)22-19(24)15-5-4-6-16(12-15)28(25,26)20-9-10-27-3/h4-8,11-12,20H,9-10H2,1-3H3,(H,21,23)(H,22,24). The van der Waals surface area contributed by atoms with Crippen molar-refractivity contribution in [2.75, 3.05) is 30.9 Å². The molecular formula is C19H23N3O5S. The zero-order chi connectivity index (χ0) is 20.7. The summed E-state index contributed by atoms with van der Waals surface area (Å²) in [5.41, 5.74) is 1.94. The Kier molecular flexibility index (Phi) is 7.27. The molecule has 0 radical (unpaired) electrons. The first-order valence-corrected chi connectivity index (χ1v) is 9.99. The van der Waals surface area contributed by atoms with Gasteiger partial charge < -0.3 is 15.4 Å². The Morgan fingerprint density at radius 3 is 2.46 bits per heavy atom. The third-order valence-electron chi connectivity index (χ3n) is 3.74. The lowest BCUT2D eigenvalue weighted by molar-refractivity contribution is -0.114. The highest BCUT2D eigenvalue weighted by Crippen LogP contribution is 2.24. The third kappa shape index (κ3) is 5.88. The van der Waals surface area contributed by atoms with Crippen molar-refractivity contribution in [3.8, 4) is 0 Å². The number of methoxy groups -OCH3 is 1. The van der Waals surface area contributed by atoms with E-state index in [0.29, 0.717) is 11.4 Å². The fourth-order valence-corrected chi connectivity index (χ4v) is 3.48. The molecule has 0 bridgehead atoms. The Bertz CT molecular complexity index is 973. The maximum Gasteiger partial charge on any atom is 0.255 e. The number of ether oxygens (including phenoxy) is 1. The van der Waals surface area contributed by atoms with E-state index in [1.165, 1.54) is 38.3 Å². The minimum atomic E-state index is -3.76. The first-order chi connectivity index (χ1) is 13.2. The van der Waals surface area contributed by atoms with Crippen LogP contribution in [0.15, 0.2) is 47.4 Å². The van der Waals surface area contributed by atoms with Crippen molar-refractivity contribution in [2.24, 2.45) is 0 Å².